The number of carboxylic acid groups (broad SMARTS) is 2. The lowest BCUT2D eigenvalue weighted by Gasteiger charge is -2.36. The van der Waals surface area contributed by atoms with Crippen LogP contribution in [0.5, 0.6) is 5.75 Å². The number of halogens is 4. The van der Waals surface area contributed by atoms with Crippen LogP contribution in [-0.2, 0) is 36.8 Å². The standard InChI is InChI=1S/C41H38ClF3N2O3.CH2O2/c1-27-9-20-35-37(46-27)6-4-7-38(35)47(23-21-28-10-12-31(13-11-28)40(48)49)24-22-30-5-2-3-8-39(30)50-26-33-15-14-32(25-36(33)42)29-16-18-34(19-17-29)41(43,44)45;2-1-3/h2-3,5,8-20,25,38H,4,6-7,21-24,26H2,1H3,(H,48,49);1H,(H,2,3). The zero-order valence-electron chi connectivity index (χ0n) is 29.2. The number of aromatic nitrogens is 1. The number of ether oxygens (including phenoxy) is 1. The molecule has 11 heteroatoms. The Bertz CT molecular complexity index is 2000. The molecule has 1 aliphatic carbocycles. The van der Waals surface area contributed by atoms with E-state index in [2.05, 4.69) is 23.1 Å². The molecule has 0 fully saturated rings. The molecule has 276 valence electrons. The molecule has 4 aromatic carbocycles. The summed E-state index contributed by atoms with van der Waals surface area (Å²) in [6.07, 6.45) is 0.221. The second kappa shape index (κ2) is 18.0. The summed E-state index contributed by atoms with van der Waals surface area (Å²) >= 11 is 6.64. The van der Waals surface area contributed by atoms with Gasteiger partial charge in [0.25, 0.3) is 6.47 Å². The monoisotopic (exact) mass is 744 g/mol. The average molecular weight is 745 g/mol. The number of fused-ring (bicyclic) bond motifs is 1. The molecule has 0 spiro atoms. The van der Waals surface area contributed by atoms with Crippen LogP contribution in [0.1, 0.15) is 68.4 Å². The molecule has 0 bridgehead atoms. The summed E-state index contributed by atoms with van der Waals surface area (Å²) in [5.41, 5.74) is 7.35. The number of para-hydroxylation sites is 1. The fraction of sp³-hybridized carbons (Fsp3) is 0.262. The quantitative estimate of drug-likeness (QED) is 0.123. The third-order valence-corrected chi connectivity index (χ3v) is 9.70. The number of pyridine rings is 1. The highest BCUT2D eigenvalue weighted by atomic mass is 35.5. The van der Waals surface area contributed by atoms with Gasteiger partial charge in [-0.1, -0.05) is 72.3 Å². The lowest BCUT2D eigenvalue weighted by atomic mass is 9.89. The number of alkyl halides is 3. The Labute approximate surface area is 311 Å². The maximum atomic E-state index is 13.0. The number of hydrogen-bond donors (Lipinski definition) is 2. The Morgan fingerprint density at radius 2 is 1.60 bits per heavy atom. The first kappa shape index (κ1) is 39.0. The van der Waals surface area contributed by atoms with Crippen molar-refractivity contribution in [2.45, 2.75) is 57.9 Å². The Kier molecular flexibility index (Phi) is 13.3. The summed E-state index contributed by atoms with van der Waals surface area (Å²) in [5.74, 6) is -0.168. The first-order valence-electron chi connectivity index (χ1n) is 17.2. The van der Waals surface area contributed by atoms with Gasteiger partial charge in [-0.3, -0.25) is 14.7 Å². The summed E-state index contributed by atoms with van der Waals surface area (Å²) in [6, 6.07) is 30.1. The molecule has 0 radical (unpaired) electrons. The lowest BCUT2D eigenvalue weighted by Crippen LogP contribution is -2.35. The third-order valence-electron chi connectivity index (χ3n) is 9.35. The SMILES string of the molecule is Cc1ccc2c(n1)CCCC2N(CCc1ccc(C(=O)O)cc1)CCc1ccccc1OCc1ccc(-c2ccc(C(F)(F)F)cc2)cc1Cl.O=CO. The number of carbonyl (C=O) groups is 2. The van der Waals surface area contributed by atoms with Gasteiger partial charge in [0.15, 0.2) is 0 Å². The molecule has 1 heterocycles. The molecule has 2 N–H and O–H groups in total. The zero-order valence-corrected chi connectivity index (χ0v) is 29.9. The molecule has 0 amide bonds. The number of aromatic carboxylic acids is 1. The van der Waals surface area contributed by atoms with Crippen molar-refractivity contribution in [1.82, 2.24) is 9.88 Å². The minimum atomic E-state index is -4.39. The van der Waals surface area contributed by atoms with Gasteiger partial charge in [0.2, 0.25) is 0 Å². The summed E-state index contributed by atoms with van der Waals surface area (Å²) in [4.78, 5) is 27.1. The predicted octanol–water partition coefficient (Wildman–Crippen LogP) is 9.87. The van der Waals surface area contributed by atoms with Crippen LogP contribution in [-0.4, -0.2) is 45.6 Å². The van der Waals surface area contributed by atoms with Crippen molar-refractivity contribution in [3.63, 3.8) is 0 Å². The minimum Gasteiger partial charge on any atom is -0.489 e. The molecule has 5 aromatic rings. The zero-order chi connectivity index (χ0) is 38.0. The van der Waals surface area contributed by atoms with E-state index in [1.807, 2.05) is 49.4 Å². The van der Waals surface area contributed by atoms with Crippen molar-refractivity contribution in [3.05, 3.63) is 153 Å². The largest absolute Gasteiger partial charge is 0.489 e. The molecule has 7 nitrogen and oxygen atoms in total. The normalized spacial score (nSPS) is 13.8. The minimum absolute atomic E-state index is 0.222. The van der Waals surface area contributed by atoms with Crippen LogP contribution < -0.4 is 4.74 Å². The molecule has 1 unspecified atom stereocenters. The first-order chi connectivity index (χ1) is 25.5. The highest BCUT2D eigenvalue weighted by Crippen LogP contribution is 2.35. The van der Waals surface area contributed by atoms with Gasteiger partial charge in [-0.15, -0.1) is 0 Å². The van der Waals surface area contributed by atoms with Crippen LogP contribution in [0, 0.1) is 6.92 Å². The molecule has 1 atom stereocenters. The summed E-state index contributed by atoms with van der Waals surface area (Å²) in [5, 5.41) is 16.7. The Balaban J connectivity index is 0.00000175. The maximum absolute atomic E-state index is 13.0. The van der Waals surface area contributed by atoms with Crippen molar-refractivity contribution in [2.75, 3.05) is 13.1 Å². The second-order valence-corrected chi connectivity index (χ2v) is 13.2. The topological polar surface area (TPSA) is 100.0 Å². The average Bonchev–Trinajstić information content (AvgIpc) is 3.14. The van der Waals surface area contributed by atoms with Crippen molar-refractivity contribution in [1.29, 1.82) is 0 Å². The van der Waals surface area contributed by atoms with Crippen molar-refractivity contribution in [2.24, 2.45) is 0 Å². The van der Waals surface area contributed by atoms with Gasteiger partial charge in [-0.2, -0.15) is 13.2 Å². The van der Waals surface area contributed by atoms with E-state index in [9.17, 15) is 23.1 Å². The summed E-state index contributed by atoms with van der Waals surface area (Å²) < 4.78 is 45.3. The van der Waals surface area contributed by atoms with Crippen LogP contribution >= 0.6 is 11.6 Å². The van der Waals surface area contributed by atoms with Gasteiger partial charge in [-0.25, -0.2) is 4.79 Å². The highest BCUT2D eigenvalue weighted by molar-refractivity contribution is 6.31. The van der Waals surface area contributed by atoms with Crippen LogP contribution in [0.3, 0.4) is 0 Å². The lowest BCUT2D eigenvalue weighted by molar-refractivity contribution is -0.137. The molecule has 6 rings (SSSR count). The Morgan fingerprint density at radius 3 is 2.28 bits per heavy atom. The maximum Gasteiger partial charge on any atom is 0.416 e. The molecule has 0 aliphatic heterocycles. The van der Waals surface area contributed by atoms with Gasteiger partial charge in [-0.05, 0) is 109 Å². The number of benzene rings is 4. The van der Waals surface area contributed by atoms with Crippen LogP contribution in [0.2, 0.25) is 5.02 Å². The van der Waals surface area contributed by atoms with E-state index in [1.54, 1.807) is 18.2 Å². The Hall–Kier alpha value is -5.19. The van der Waals surface area contributed by atoms with Crippen molar-refractivity contribution in [3.8, 4) is 16.9 Å². The van der Waals surface area contributed by atoms with E-state index in [4.69, 9.17) is 31.2 Å². The fourth-order valence-electron chi connectivity index (χ4n) is 6.60. The van der Waals surface area contributed by atoms with Gasteiger partial charge >= 0.3 is 12.1 Å². The number of carboxylic acids is 1. The third kappa shape index (κ3) is 10.5. The van der Waals surface area contributed by atoms with Gasteiger partial charge in [0, 0.05) is 41.1 Å². The van der Waals surface area contributed by atoms with Gasteiger partial charge in [0.1, 0.15) is 12.4 Å². The second-order valence-electron chi connectivity index (χ2n) is 12.8. The van der Waals surface area contributed by atoms with Crippen LogP contribution in [0.15, 0.2) is 103 Å². The van der Waals surface area contributed by atoms with E-state index in [0.29, 0.717) is 10.6 Å². The molecular weight excluding hydrogens is 705 g/mol. The van der Waals surface area contributed by atoms with E-state index in [-0.39, 0.29) is 24.7 Å². The molecule has 1 aliphatic rings. The molecule has 0 saturated heterocycles. The van der Waals surface area contributed by atoms with Crippen molar-refractivity contribution >= 4 is 24.0 Å². The number of hydrogen-bond acceptors (Lipinski definition) is 5. The van der Waals surface area contributed by atoms with Crippen LogP contribution in [0.25, 0.3) is 11.1 Å². The highest BCUT2D eigenvalue weighted by Gasteiger charge is 2.30. The van der Waals surface area contributed by atoms with E-state index < -0.39 is 17.7 Å². The van der Waals surface area contributed by atoms with Crippen LogP contribution in [0.4, 0.5) is 13.2 Å². The number of aryl methyl sites for hydroxylation is 2. The first-order valence-corrected chi connectivity index (χ1v) is 17.6. The predicted molar refractivity (Wildman–Crippen MR) is 198 cm³/mol. The van der Waals surface area contributed by atoms with E-state index in [1.165, 1.54) is 23.4 Å². The number of nitrogens with zero attached hydrogens (tertiary/aromatic N) is 2. The summed E-state index contributed by atoms with van der Waals surface area (Å²) in [6.45, 7) is 3.60. The Morgan fingerprint density at radius 1 is 0.925 bits per heavy atom. The van der Waals surface area contributed by atoms with Gasteiger partial charge < -0.3 is 14.9 Å². The van der Waals surface area contributed by atoms with E-state index in [0.717, 1.165) is 91.0 Å². The number of rotatable bonds is 12. The summed E-state index contributed by atoms with van der Waals surface area (Å²) in [7, 11) is 0. The molecule has 0 saturated carbocycles. The molecule has 1 aromatic heterocycles. The smallest absolute Gasteiger partial charge is 0.416 e. The fourth-order valence-corrected chi connectivity index (χ4v) is 6.83. The molecular formula is C42H40ClF3N2O5. The van der Waals surface area contributed by atoms with Crippen molar-refractivity contribution < 1.29 is 37.7 Å². The van der Waals surface area contributed by atoms with Gasteiger partial charge in [0.05, 0.1) is 11.1 Å². The van der Waals surface area contributed by atoms with E-state index >= 15 is 0 Å². The molecule has 53 heavy (non-hydrogen) atoms.